The first-order valence-electron chi connectivity index (χ1n) is 8.44. The zero-order valence-electron chi connectivity index (χ0n) is 15.4. The van der Waals surface area contributed by atoms with Gasteiger partial charge in [0.2, 0.25) is 11.2 Å². The summed E-state index contributed by atoms with van der Waals surface area (Å²) in [4.78, 5) is 0. The lowest BCUT2D eigenvalue weighted by atomic mass is 9.84. The second-order valence-electron chi connectivity index (χ2n) is 7.75. The molecule has 3 rings (SSSR count). The Labute approximate surface area is 145 Å². The summed E-state index contributed by atoms with van der Waals surface area (Å²) in [7, 11) is 0. The number of hydrogen-bond acceptors (Lipinski definition) is 0. The summed E-state index contributed by atoms with van der Waals surface area (Å²) in [5.41, 5.74) is 7.14. The number of hydrogen-bond donors (Lipinski definition) is 0. The van der Waals surface area contributed by atoms with Crippen molar-refractivity contribution in [3.63, 3.8) is 0 Å². The van der Waals surface area contributed by atoms with Crippen LogP contribution < -0.4 is 4.40 Å². The number of aromatic nitrogens is 1. The molecule has 1 aromatic carbocycles. The smallest absolute Gasteiger partial charge is 0.159 e. The molecule has 0 atom stereocenters. The molecule has 2 aromatic heterocycles. The standard InChI is InChI=1S/C23H26N/c1-15(2)21-18-12-11-17(23(5,6)7)14-19(18)20-10-8-9-13-24(20)22(21)16(3)4/h8-14H,1,3H2,2,4-7H3/q+1. The second-order valence-corrected chi connectivity index (χ2v) is 7.75. The van der Waals surface area contributed by atoms with Gasteiger partial charge in [0.15, 0.2) is 6.20 Å². The van der Waals surface area contributed by atoms with Gasteiger partial charge in [0, 0.05) is 23.1 Å². The Morgan fingerprint density at radius 3 is 2.21 bits per heavy atom. The molecule has 0 radical (unpaired) electrons. The van der Waals surface area contributed by atoms with Gasteiger partial charge in [-0.15, -0.1) is 0 Å². The summed E-state index contributed by atoms with van der Waals surface area (Å²) in [5.74, 6) is 0. The van der Waals surface area contributed by atoms with E-state index in [0.29, 0.717) is 0 Å². The van der Waals surface area contributed by atoms with Crippen molar-refractivity contribution in [1.29, 1.82) is 0 Å². The highest BCUT2D eigenvalue weighted by Crippen LogP contribution is 2.34. The van der Waals surface area contributed by atoms with Gasteiger partial charge < -0.3 is 0 Å². The molecular formula is C23H26N+. The van der Waals surface area contributed by atoms with E-state index in [-0.39, 0.29) is 5.41 Å². The van der Waals surface area contributed by atoms with Crippen molar-refractivity contribution < 1.29 is 4.40 Å². The van der Waals surface area contributed by atoms with Gasteiger partial charge in [-0.2, -0.15) is 4.40 Å². The Bertz CT molecular complexity index is 984. The fourth-order valence-corrected chi connectivity index (χ4v) is 3.40. The van der Waals surface area contributed by atoms with Crippen molar-refractivity contribution in [3.8, 4) is 0 Å². The van der Waals surface area contributed by atoms with E-state index in [1.807, 2.05) is 0 Å². The van der Waals surface area contributed by atoms with E-state index in [9.17, 15) is 0 Å². The first-order chi connectivity index (χ1) is 11.2. The molecule has 0 N–H and O–H groups in total. The molecule has 1 heteroatoms. The predicted octanol–water partition coefficient (Wildman–Crippen LogP) is 5.94. The van der Waals surface area contributed by atoms with Crippen LogP contribution in [-0.4, -0.2) is 0 Å². The monoisotopic (exact) mass is 316 g/mol. The van der Waals surface area contributed by atoms with Gasteiger partial charge in [0.05, 0.1) is 10.9 Å². The lowest BCUT2D eigenvalue weighted by molar-refractivity contribution is -0.513. The van der Waals surface area contributed by atoms with Crippen molar-refractivity contribution in [3.05, 3.63) is 72.6 Å². The molecular weight excluding hydrogens is 290 g/mol. The zero-order valence-corrected chi connectivity index (χ0v) is 15.4. The highest BCUT2D eigenvalue weighted by Gasteiger charge is 2.24. The average molecular weight is 316 g/mol. The molecule has 2 heterocycles. The third-order valence-electron chi connectivity index (χ3n) is 4.60. The summed E-state index contributed by atoms with van der Waals surface area (Å²) in [6.07, 6.45) is 2.12. The van der Waals surface area contributed by atoms with Crippen molar-refractivity contribution in [2.24, 2.45) is 0 Å². The zero-order chi connectivity index (χ0) is 17.6. The highest BCUT2D eigenvalue weighted by atomic mass is 14.9. The number of nitrogens with zero attached hydrogens (tertiary/aromatic N) is 1. The predicted molar refractivity (Wildman–Crippen MR) is 105 cm³/mol. The maximum absolute atomic E-state index is 4.24. The fraction of sp³-hybridized carbons (Fsp3) is 0.261. The number of rotatable bonds is 2. The van der Waals surface area contributed by atoms with Crippen LogP contribution in [0.1, 0.15) is 51.4 Å². The van der Waals surface area contributed by atoms with Crippen LogP contribution in [0.25, 0.3) is 27.4 Å². The minimum absolute atomic E-state index is 0.121. The molecule has 0 amide bonds. The Kier molecular flexibility index (Phi) is 3.83. The number of pyridine rings is 2. The van der Waals surface area contributed by atoms with Crippen LogP contribution in [-0.2, 0) is 5.41 Å². The topological polar surface area (TPSA) is 4.10 Å². The van der Waals surface area contributed by atoms with Gasteiger partial charge in [-0.3, -0.25) is 0 Å². The van der Waals surface area contributed by atoms with E-state index < -0.39 is 0 Å². The van der Waals surface area contributed by atoms with Gasteiger partial charge in [-0.25, -0.2) is 0 Å². The van der Waals surface area contributed by atoms with Crippen molar-refractivity contribution in [2.75, 3.05) is 0 Å². The normalized spacial score (nSPS) is 11.9. The Hall–Kier alpha value is -2.41. The molecule has 0 aliphatic carbocycles. The molecule has 0 aliphatic rings. The SMILES string of the molecule is C=C(C)c1c(C(=C)C)[n+]2ccccc2c2cc(C(C)(C)C)ccc12. The minimum atomic E-state index is 0.121. The summed E-state index contributed by atoms with van der Waals surface area (Å²) < 4.78 is 2.25. The molecule has 0 aliphatic heterocycles. The van der Waals surface area contributed by atoms with Gasteiger partial charge >= 0.3 is 0 Å². The van der Waals surface area contributed by atoms with Gasteiger partial charge in [-0.05, 0) is 42.5 Å². The third kappa shape index (κ3) is 2.54. The number of fused-ring (bicyclic) bond motifs is 3. The molecule has 24 heavy (non-hydrogen) atoms. The molecule has 3 aromatic rings. The van der Waals surface area contributed by atoms with Crippen molar-refractivity contribution in [1.82, 2.24) is 0 Å². The summed E-state index contributed by atoms with van der Waals surface area (Å²) in [6, 6.07) is 13.2. The van der Waals surface area contributed by atoms with E-state index >= 15 is 0 Å². The van der Waals surface area contributed by atoms with Crippen LogP contribution in [0.2, 0.25) is 0 Å². The average Bonchev–Trinajstić information content (AvgIpc) is 2.51. The summed E-state index contributed by atoms with van der Waals surface area (Å²) >= 11 is 0. The Balaban J connectivity index is 2.60. The molecule has 122 valence electrons. The van der Waals surface area contributed by atoms with Crippen LogP contribution in [0.3, 0.4) is 0 Å². The molecule has 1 nitrogen and oxygen atoms in total. The number of allylic oxidation sites excluding steroid dienone is 2. The number of benzene rings is 1. The molecule has 0 saturated carbocycles. The van der Waals surface area contributed by atoms with E-state index in [2.05, 4.69) is 94.8 Å². The first kappa shape index (κ1) is 16.4. The van der Waals surface area contributed by atoms with Crippen LogP contribution >= 0.6 is 0 Å². The lowest BCUT2D eigenvalue weighted by Gasteiger charge is -2.20. The minimum Gasteiger partial charge on any atom is -0.159 e. The van der Waals surface area contributed by atoms with Gasteiger partial charge in [0.25, 0.3) is 0 Å². The van der Waals surface area contributed by atoms with E-state index in [1.54, 1.807) is 0 Å². The molecule has 0 spiro atoms. The van der Waals surface area contributed by atoms with E-state index in [4.69, 9.17) is 0 Å². The lowest BCUT2D eigenvalue weighted by Crippen LogP contribution is -2.28. The van der Waals surface area contributed by atoms with Gasteiger partial charge in [0.1, 0.15) is 0 Å². The van der Waals surface area contributed by atoms with Crippen LogP contribution in [0.15, 0.2) is 55.8 Å². The summed E-state index contributed by atoms with van der Waals surface area (Å²) in [5, 5.41) is 2.52. The fourth-order valence-electron chi connectivity index (χ4n) is 3.40. The molecule has 0 fully saturated rings. The quantitative estimate of drug-likeness (QED) is 0.407. The van der Waals surface area contributed by atoms with Crippen LogP contribution in [0.4, 0.5) is 0 Å². The van der Waals surface area contributed by atoms with Gasteiger partial charge in [-0.1, -0.05) is 46.1 Å². The van der Waals surface area contributed by atoms with Crippen LogP contribution in [0, 0.1) is 0 Å². The highest BCUT2D eigenvalue weighted by molar-refractivity contribution is 6.02. The van der Waals surface area contributed by atoms with Crippen LogP contribution in [0.5, 0.6) is 0 Å². The Morgan fingerprint density at radius 1 is 0.917 bits per heavy atom. The molecule has 0 unspecified atom stereocenters. The molecule has 0 saturated heterocycles. The molecule has 0 bridgehead atoms. The van der Waals surface area contributed by atoms with E-state index in [0.717, 1.165) is 16.8 Å². The maximum Gasteiger partial charge on any atom is 0.221 e. The van der Waals surface area contributed by atoms with E-state index in [1.165, 1.54) is 27.4 Å². The first-order valence-corrected chi connectivity index (χ1v) is 8.44. The third-order valence-corrected chi connectivity index (χ3v) is 4.60. The van der Waals surface area contributed by atoms with Crippen molar-refractivity contribution in [2.45, 2.75) is 40.0 Å². The van der Waals surface area contributed by atoms with Crippen molar-refractivity contribution >= 4 is 27.4 Å². The summed E-state index contributed by atoms with van der Waals surface area (Å²) in [6.45, 7) is 19.4. The second kappa shape index (κ2) is 5.59. The largest absolute Gasteiger partial charge is 0.221 e. The maximum atomic E-state index is 4.24. The Morgan fingerprint density at radius 2 is 1.62 bits per heavy atom.